The van der Waals surface area contributed by atoms with E-state index in [2.05, 4.69) is 4.90 Å². The van der Waals surface area contributed by atoms with E-state index in [4.69, 9.17) is 0 Å². The predicted molar refractivity (Wildman–Crippen MR) is 74.9 cm³/mol. The first-order chi connectivity index (χ1) is 9.70. The maximum Gasteiger partial charge on any atom is 0.414 e. The quantitative estimate of drug-likeness (QED) is 0.723. The number of likely N-dealkylation sites (tertiary alicyclic amines) is 1. The van der Waals surface area contributed by atoms with Gasteiger partial charge in [-0.15, -0.1) is 0 Å². The molecule has 2 aliphatic rings. The second-order valence-corrected chi connectivity index (χ2v) is 6.13. The SMILES string of the molecule is CC1=CC(F)C(N2CCC(N(C)C)CC2)C(C(F)(F)F)=C1. The minimum absolute atomic E-state index is 0.342. The fourth-order valence-electron chi connectivity index (χ4n) is 3.22. The molecule has 1 aliphatic carbocycles. The Morgan fingerprint density at radius 2 is 1.76 bits per heavy atom. The Labute approximate surface area is 123 Å². The van der Waals surface area contributed by atoms with Crippen molar-refractivity contribution in [3.8, 4) is 0 Å². The van der Waals surface area contributed by atoms with E-state index in [1.54, 1.807) is 4.90 Å². The summed E-state index contributed by atoms with van der Waals surface area (Å²) in [6, 6.07) is -0.838. The van der Waals surface area contributed by atoms with Crippen LogP contribution in [0.3, 0.4) is 0 Å². The number of rotatable bonds is 2. The number of nitrogens with zero attached hydrogens (tertiary/aromatic N) is 2. The zero-order valence-electron chi connectivity index (χ0n) is 12.6. The van der Waals surface area contributed by atoms with Gasteiger partial charge in [0, 0.05) is 19.1 Å². The first-order valence-corrected chi connectivity index (χ1v) is 7.22. The molecule has 1 heterocycles. The highest BCUT2D eigenvalue weighted by molar-refractivity contribution is 5.36. The Morgan fingerprint density at radius 3 is 2.24 bits per heavy atom. The molecule has 0 aromatic heterocycles. The molecule has 6 heteroatoms. The van der Waals surface area contributed by atoms with E-state index in [0.717, 1.165) is 18.9 Å². The summed E-state index contributed by atoms with van der Waals surface area (Å²) < 4.78 is 53.9. The molecule has 2 atom stereocenters. The second kappa shape index (κ2) is 6.08. The molecule has 1 saturated heterocycles. The molecular weight excluding hydrogens is 284 g/mol. The standard InChI is InChI=1S/C15H22F4N2/c1-10-8-12(15(17,18)19)14(13(16)9-10)21-6-4-11(5-7-21)20(2)3/h8-9,11,13-14H,4-7H2,1-3H3. The Hall–Kier alpha value is -0.880. The normalized spacial score (nSPS) is 29.5. The zero-order chi connectivity index (χ0) is 15.8. The van der Waals surface area contributed by atoms with Gasteiger partial charge in [-0.05, 0) is 46.0 Å². The second-order valence-electron chi connectivity index (χ2n) is 6.13. The van der Waals surface area contributed by atoms with Gasteiger partial charge in [0.2, 0.25) is 0 Å². The highest BCUT2D eigenvalue weighted by atomic mass is 19.4. The molecule has 0 saturated carbocycles. The van der Waals surface area contributed by atoms with Gasteiger partial charge in [-0.1, -0.05) is 5.57 Å². The summed E-state index contributed by atoms with van der Waals surface area (Å²) >= 11 is 0. The van der Waals surface area contributed by atoms with Crippen LogP contribution in [0.4, 0.5) is 17.6 Å². The van der Waals surface area contributed by atoms with Crippen molar-refractivity contribution in [1.29, 1.82) is 0 Å². The van der Waals surface area contributed by atoms with E-state index in [0.29, 0.717) is 24.7 Å². The molecule has 0 aromatic rings. The largest absolute Gasteiger partial charge is 0.414 e. The van der Waals surface area contributed by atoms with Crippen molar-refractivity contribution in [2.75, 3.05) is 27.2 Å². The average Bonchev–Trinajstić information content (AvgIpc) is 2.37. The zero-order valence-corrected chi connectivity index (χ0v) is 12.6. The van der Waals surface area contributed by atoms with Crippen molar-refractivity contribution in [1.82, 2.24) is 9.80 Å². The van der Waals surface area contributed by atoms with Gasteiger partial charge in [0.15, 0.2) is 0 Å². The van der Waals surface area contributed by atoms with E-state index in [1.807, 2.05) is 14.1 Å². The maximum atomic E-state index is 14.2. The number of piperidine rings is 1. The third kappa shape index (κ3) is 3.66. The fraction of sp³-hybridized carbons (Fsp3) is 0.733. The number of halogens is 4. The molecule has 0 amide bonds. The van der Waals surface area contributed by atoms with Crippen LogP contribution in [0.1, 0.15) is 19.8 Å². The van der Waals surface area contributed by atoms with Crippen molar-refractivity contribution in [3.63, 3.8) is 0 Å². The summed E-state index contributed by atoms with van der Waals surface area (Å²) in [5, 5.41) is 0. The minimum atomic E-state index is -4.48. The first kappa shape index (κ1) is 16.5. The molecule has 0 bridgehead atoms. The van der Waals surface area contributed by atoms with Crippen LogP contribution in [0.25, 0.3) is 0 Å². The predicted octanol–water partition coefficient (Wildman–Crippen LogP) is 3.17. The molecular formula is C15H22F4N2. The Kier molecular flexibility index (Phi) is 4.78. The topological polar surface area (TPSA) is 6.48 Å². The summed E-state index contributed by atoms with van der Waals surface area (Å²) in [5.41, 5.74) is -0.410. The molecule has 1 fully saturated rings. The van der Waals surface area contributed by atoms with Gasteiger partial charge in [-0.25, -0.2) is 4.39 Å². The molecule has 120 valence electrons. The van der Waals surface area contributed by atoms with Gasteiger partial charge in [0.25, 0.3) is 0 Å². The molecule has 1 aliphatic heterocycles. The lowest BCUT2D eigenvalue weighted by Crippen LogP contribution is -2.52. The molecule has 21 heavy (non-hydrogen) atoms. The van der Waals surface area contributed by atoms with E-state index < -0.39 is 24.0 Å². The summed E-state index contributed by atoms with van der Waals surface area (Å²) in [6.07, 6.45) is -2.17. The lowest BCUT2D eigenvalue weighted by Gasteiger charge is -2.42. The number of alkyl halides is 4. The smallest absolute Gasteiger partial charge is 0.306 e. The lowest BCUT2D eigenvalue weighted by atomic mass is 9.89. The Bertz CT molecular complexity index is 431. The van der Waals surface area contributed by atoms with Crippen LogP contribution < -0.4 is 0 Å². The van der Waals surface area contributed by atoms with Crippen molar-refractivity contribution in [2.24, 2.45) is 0 Å². The Morgan fingerprint density at radius 1 is 1.19 bits per heavy atom. The number of hydrogen-bond donors (Lipinski definition) is 0. The van der Waals surface area contributed by atoms with Gasteiger partial charge in [0.1, 0.15) is 6.17 Å². The lowest BCUT2D eigenvalue weighted by molar-refractivity contribution is -0.106. The van der Waals surface area contributed by atoms with E-state index in [9.17, 15) is 17.6 Å². The molecule has 2 nitrogen and oxygen atoms in total. The van der Waals surface area contributed by atoms with Crippen molar-refractivity contribution in [3.05, 3.63) is 23.3 Å². The van der Waals surface area contributed by atoms with Gasteiger partial charge in [0.05, 0.1) is 11.6 Å². The fourth-order valence-corrected chi connectivity index (χ4v) is 3.22. The van der Waals surface area contributed by atoms with Gasteiger partial charge >= 0.3 is 6.18 Å². The maximum absolute atomic E-state index is 14.2. The number of allylic oxidation sites excluding steroid dienone is 2. The molecule has 2 unspecified atom stereocenters. The molecule has 0 aromatic carbocycles. The number of hydrogen-bond acceptors (Lipinski definition) is 2. The molecule has 0 radical (unpaired) electrons. The minimum Gasteiger partial charge on any atom is -0.306 e. The monoisotopic (exact) mass is 306 g/mol. The summed E-state index contributed by atoms with van der Waals surface area (Å²) in [5.74, 6) is 0. The van der Waals surface area contributed by atoms with Crippen LogP contribution in [0.15, 0.2) is 23.3 Å². The Balaban J connectivity index is 2.16. The van der Waals surface area contributed by atoms with Gasteiger partial charge in [-0.3, -0.25) is 4.90 Å². The molecule has 0 N–H and O–H groups in total. The van der Waals surface area contributed by atoms with Crippen LogP contribution in [0.5, 0.6) is 0 Å². The van der Waals surface area contributed by atoms with Crippen LogP contribution in [-0.4, -0.2) is 61.4 Å². The van der Waals surface area contributed by atoms with Crippen molar-refractivity contribution in [2.45, 2.75) is 44.2 Å². The molecule has 2 rings (SSSR count). The van der Waals surface area contributed by atoms with Crippen LogP contribution in [-0.2, 0) is 0 Å². The summed E-state index contributed by atoms with van der Waals surface area (Å²) in [7, 11) is 3.93. The highest BCUT2D eigenvalue weighted by Crippen LogP contribution is 2.37. The highest BCUT2D eigenvalue weighted by Gasteiger charge is 2.46. The van der Waals surface area contributed by atoms with Gasteiger partial charge < -0.3 is 4.90 Å². The van der Waals surface area contributed by atoms with Crippen LogP contribution in [0, 0.1) is 0 Å². The van der Waals surface area contributed by atoms with E-state index in [1.165, 1.54) is 13.0 Å². The van der Waals surface area contributed by atoms with E-state index >= 15 is 0 Å². The van der Waals surface area contributed by atoms with Crippen LogP contribution in [0.2, 0.25) is 0 Å². The summed E-state index contributed by atoms with van der Waals surface area (Å²) in [6.45, 7) is 2.50. The molecule has 0 spiro atoms. The van der Waals surface area contributed by atoms with Crippen molar-refractivity contribution >= 4 is 0 Å². The first-order valence-electron chi connectivity index (χ1n) is 7.22. The third-order valence-electron chi connectivity index (χ3n) is 4.38. The van der Waals surface area contributed by atoms with Crippen LogP contribution >= 0.6 is 0 Å². The average molecular weight is 306 g/mol. The van der Waals surface area contributed by atoms with E-state index in [-0.39, 0.29) is 0 Å². The van der Waals surface area contributed by atoms with Gasteiger partial charge in [-0.2, -0.15) is 13.2 Å². The van der Waals surface area contributed by atoms with Crippen molar-refractivity contribution < 1.29 is 17.6 Å². The summed E-state index contributed by atoms with van der Waals surface area (Å²) in [4.78, 5) is 3.72. The third-order valence-corrected chi connectivity index (χ3v) is 4.38.